The smallest absolute Gasteiger partial charge is 0.344 e. The van der Waals surface area contributed by atoms with E-state index in [2.05, 4.69) is 13.8 Å². The van der Waals surface area contributed by atoms with E-state index in [1.165, 1.54) is 0 Å². The van der Waals surface area contributed by atoms with Crippen molar-refractivity contribution in [1.82, 2.24) is 0 Å². The number of hydrogen-bond donors (Lipinski definition) is 3. The van der Waals surface area contributed by atoms with Crippen LogP contribution in [0, 0.1) is 16.7 Å². The maximum Gasteiger partial charge on any atom is 0.344 e. The predicted octanol–water partition coefficient (Wildman–Crippen LogP) is 0.603. The van der Waals surface area contributed by atoms with Gasteiger partial charge in [-0.3, -0.25) is 0 Å². The van der Waals surface area contributed by atoms with Crippen LogP contribution in [-0.2, 0) is 9.53 Å². The molecule has 1 saturated heterocycles. The van der Waals surface area contributed by atoms with Crippen LogP contribution in [0.15, 0.2) is 0 Å². The minimum Gasteiger partial charge on any atom is -0.460 e. The Labute approximate surface area is 118 Å². The monoisotopic (exact) mass is 284 g/mol. The van der Waals surface area contributed by atoms with Crippen LogP contribution in [0.1, 0.15) is 46.5 Å². The molecule has 2 saturated carbocycles. The topological polar surface area (TPSA) is 87.0 Å². The molecule has 114 valence electrons. The fraction of sp³-hybridized carbons (Fsp3) is 0.933. The molecule has 0 spiro atoms. The molecule has 0 aromatic carbocycles. The lowest BCUT2D eigenvalue weighted by Crippen LogP contribution is -2.75. The zero-order valence-corrected chi connectivity index (χ0v) is 12.3. The van der Waals surface area contributed by atoms with Crippen molar-refractivity contribution in [2.75, 3.05) is 6.61 Å². The van der Waals surface area contributed by atoms with E-state index >= 15 is 0 Å². The number of hydrogen-bond acceptors (Lipinski definition) is 5. The number of fused-ring (bicyclic) bond motifs is 3. The van der Waals surface area contributed by atoms with Crippen molar-refractivity contribution in [3.05, 3.63) is 0 Å². The third-order valence-corrected chi connectivity index (χ3v) is 6.47. The standard InChI is InChI=1S/C15H24O5/c1-12(2)5-4-6-13(3)9(12)7-10(16)15(19)11(17)20-8-14(13,15)18/h9-10,16,18-19H,4-8H2,1-3H3/t9-,10+,13-,14-,15-/m0/s1. The maximum absolute atomic E-state index is 11.9. The van der Waals surface area contributed by atoms with Crippen LogP contribution in [-0.4, -0.2) is 45.2 Å². The molecular formula is C15H24O5. The molecule has 3 aliphatic rings. The molecule has 0 unspecified atom stereocenters. The molecule has 0 amide bonds. The van der Waals surface area contributed by atoms with E-state index in [0.717, 1.165) is 19.3 Å². The third-order valence-electron chi connectivity index (χ3n) is 6.47. The number of aliphatic hydroxyl groups excluding tert-OH is 1. The average Bonchev–Trinajstić information content (AvgIpc) is 2.60. The van der Waals surface area contributed by atoms with Crippen LogP contribution in [0.2, 0.25) is 0 Å². The molecule has 3 fully saturated rings. The highest BCUT2D eigenvalue weighted by molar-refractivity contribution is 5.85. The molecule has 0 aromatic heterocycles. The van der Waals surface area contributed by atoms with Gasteiger partial charge in [-0.1, -0.05) is 27.2 Å². The van der Waals surface area contributed by atoms with Gasteiger partial charge in [0.05, 0.1) is 6.10 Å². The lowest BCUT2D eigenvalue weighted by Gasteiger charge is -2.63. The molecule has 5 heteroatoms. The number of carbonyl (C=O) groups is 1. The van der Waals surface area contributed by atoms with E-state index in [1.807, 2.05) is 6.92 Å². The lowest BCUT2D eigenvalue weighted by atomic mass is 9.43. The van der Waals surface area contributed by atoms with Gasteiger partial charge in [0.25, 0.3) is 0 Å². The Hall–Kier alpha value is -0.650. The highest BCUT2D eigenvalue weighted by Crippen LogP contribution is 2.65. The summed E-state index contributed by atoms with van der Waals surface area (Å²) in [5.41, 5.74) is -4.58. The zero-order valence-electron chi connectivity index (χ0n) is 12.3. The maximum atomic E-state index is 11.9. The molecule has 5 nitrogen and oxygen atoms in total. The van der Waals surface area contributed by atoms with Gasteiger partial charge in [0, 0.05) is 5.41 Å². The largest absolute Gasteiger partial charge is 0.460 e. The van der Waals surface area contributed by atoms with Crippen molar-refractivity contribution in [1.29, 1.82) is 0 Å². The van der Waals surface area contributed by atoms with E-state index in [0.29, 0.717) is 6.42 Å². The molecule has 3 rings (SSSR count). The lowest BCUT2D eigenvalue weighted by molar-refractivity contribution is -0.282. The van der Waals surface area contributed by atoms with E-state index in [-0.39, 0.29) is 17.9 Å². The third kappa shape index (κ3) is 1.32. The van der Waals surface area contributed by atoms with Crippen LogP contribution >= 0.6 is 0 Å². The van der Waals surface area contributed by atoms with Gasteiger partial charge in [-0.2, -0.15) is 0 Å². The van der Waals surface area contributed by atoms with Gasteiger partial charge in [0.2, 0.25) is 5.60 Å². The molecule has 0 aromatic rings. The number of esters is 1. The number of carbonyl (C=O) groups excluding carboxylic acids is 1. The van der Waals surface area contributed by atoms with Gasteiger partial charge in [-0.05, 0) is 30.6 Å². The number of ether oxygens (including phenoxy) is 1. The molecule has 2 aliphatic carbocycles. The van der Waals surface area contributed by atoms with Gasteiger partial charge in [0.15, 0.2) is 0 Å². The van der Waals surface area contributed by atoms with Crippen molar-refractivity contribution < 1.29 is 24.9 Å². The van der Waals surface area contributed by atoms with Crippen molar-refractivity contribution >= 4 is 5.97 Å². The molecular weight excluding hydrogens is 260 g/mol. The SMILES string of the molecule is CC1(C)CCC[C@@]2(C)[C@H]1C[C@@H](O)[C@]1(O)C(=O)OC[C@]21O. The Bertz CT molecular complexity index is 461. The summed E-state index contributed by atoms with van der Waals surface area (Å²) in [5, 5.41) is 32.2. The summed E-state index contributed by atoms with van der Waals surface area (Å²) in [4.78, 5) is 11.9. The first kappa shape index (κ1) is 14.3. The fourth-order valence-electron chi connectivity index (χ4n) is 5.16. The fourth-order valence-corrected chi connectivity index (χ4v) is 5.16. The summed E-state index contributed by atoms with van der Waals surface area (Å²) in [7, 11) is 0. The minimum atomic E-state index is -2.19. The Balaban J connectivity index is 2.16. The highest BCUT2D eigenvalue weighted by atomic mass is 16.6. The van der Waals surface area contributed by atoms with E-state index in [4.69, 9.17) is 4.74 Å². The summed E-state index contributed by atoms with van der Waals surface area (Å²) in [6.07, 6.45) is 1.71. The summed E-state index contributed by atoms with van der Waals surface area (Å²) in [6.45, 7) is 5.96. The molecule has 0 bridgehead atoms. The van der Waals surface area contributed by atoms with Gasteiger partial charge in [-0.25, -0.2) is 4.79 Å². The Kier molecular flexibility index (Phi) is 2.68. The van der Waals surface area contributed by atoms with E-state index in [9.17, 15) is 20.1 Å². The first-order chi connectivity index (χ1) is 9.09. The van der Waals surface area contributed by atoms with Gasteiger partial charge < -0.3 is 20.1 Å². The first-order valence-electron chi connectivity index (χ1n) is 7.40. The van der Waals surface area contributed by atoms with Crippen LogP contribution in [0.25, 0.3) is 0 Å². The molecule has 0 radical (unpaired) electrons. The van der Waals surface area contributed by atoms with Crippen molar-refractivity contribution in [3.8, 4) is 0 Å². The Morgan fingerprint density at radius 3 is 2.50 bits per heavy atom. The molecule has 1 heterocycles. The van der Waals surface area contributed by atoms with Crippen molar-refractivity contribution in [2.45, 2.75) is 63.8 Å². The summed E-state index contributed by atoms with van der Waals surface area (Å²) in [5.74, 6) is -0.853. The van der Waals surface area contributed by atoms with E-state index in [1.54, 1.807) is 0 Å². The van der Waals surface area contributed by atoms with E-state index < -0.39 is 28.7 Å². The Morgan fingerprint density at radius 1 is 1.20 bits per heavy atom. The quantitative estimate of drug-likeness (QED) is 0.567. The second-order valence-electron chi connectivity index (χ2n) is 7.77. The highest BCUT2D eigenvalue weighted by Gasteiger charge is 2.77. The molecule has 5 atom stereocenters. The van der Waals surface area contributed by atoms with Crippen molar-refractivity contribution in [2.24, 2.45) is 16.7 Å². The molecule has 20 heavy (non-hydrogen) atoms. The second-order valence-corrected chi connectivity index (χ2v) is 7.77. The van der Waals surface area contributed by atoms with Gasteiger partial charge >= 0.3 is 5.97 Å². The van der Waals surface area contributed by atoms with Crippen LogP contribution in [0.3, 0.4) is 0 Å². The zero-order chi connectivity index (χ0) is 15.0. The number of rotatable bonds is 0. The van der Waals surface area contributed by atoms with Crippen LogP contribution < -0.4 is 0 Å². The van der Waals surface area contributed by atoms with Crippen LogP contribution in [0.4, 0.5) is 0 Å². The average molecular weight is 284 g/mol. The van der Waals surface area contributed by atoms with Crippen molar-refractivity contribution in [3.63, 3.8) is 0 Å². The Morgan fingerprint density at radius 2 is 1.85 bits per heavy atom. The number of cyclic esters (lactones) is 1. The van der Waals surface area contributed by atoms with Gasteiger partial charge in [0.1, 0.15) is 12.2 Å². The van der Waals surface area contributed by atoms with Crippen LogP contribution in [0.5, 0.6) is 0 Å². The number of aliphatic hydroxyl groups is 3. The first-order valence-corrected chi connectivity index (χ1v) is 7.40. The second kappa shape index (κ2) is 3.76. The summed E-state index contributed by atoms with van der Waals surface area (Å²) < 4.78 is 4.96. The molecule has 3 N–H and O–H groups in total. The predicted molar refractivity (Wildman–Crippen MR) is 70.7 cm³/mol. The van der Waals surface area contributed by atoms with Gasteiger partial charge in [-0.15, -0.1) is 0 Å². The normalized spacial score (nSPS) is 54.0. The minimum absolute atomic E-state index is 0.0403. The summed E-state index contributed by atoms with van der Waals surface area (Å²) in [6, 6.07) is 0. The molecule has 1 aliphatic heterocycles. The summed E-state index contributed by atoms with van der Waals surface area (Å²) >= 11 is 0.